The molecule has 0 spiro atoms. The average Bonchev–Trinajstić information content (AvgIpc) is 3.05. The van der Waals surface area contributed by atoms with Crippen molar-refractivity contribution in [1.29, 1.82) is 0 Å². The van der Waals surface area contributed by atoms with Crippen molar-refractivity contribution in [3.8, 4) is 0 Å². The van der Waals surface area contributed by atoms with E-state index in [1.54, 1.807) is 18.4 Å². The van der Waals surface area contributed by atoms with E-state index in [2.05, 4.69) is 9.97 Å². The molecule has 0 atom stereocenters. The molecule has 0 bridgehead atoms. The molecule has 140 valence electrons. The van der Waals surface area contributed by atoms with Gasteiger partial charge in [0.25, 0.3) is 5.56 Å². The molecule has 1 N–H and O–H groups in total. The van der Waals surface area contributed by atoms with Gasteiger partial charge in [0.05, 0.1) is 11.5 Å². The molecule has 1 aliphatic carbocycles. The van der Waals surface area contributed by atoms with E-state index < -0.39 is 0 Å². The van der Waals surface area contributed by atoms with E-state index in [0.717, 1.165) is 55.4 Å². The number of aromatic nitrogens is 2. The molecule has 7 heteroatoms. The first kappa shape index (κ1) is 17.7. The lowest BCUT2D eigenvalue weighted by Crippen LogP contribution is -2.40. The van der Waals surface area contributed by atoms with Crippen LogP contribution in [0.5, 0.6) is 0 Å². The Morgan fingerprint density at radius 2 is 2.08 bits per heavy atom. The van der Waals surface area contributed by atoms with Gasteiger partial charge in [-0.05, 0) is 44.1 Å². The highest BCUT2D eigenvalue weighted by atomic mass is 32.1. The number of nitrogens with zero attached hydrogens (tertiary/aromatic N) is 2. The van der Waals surface area contributed by atoms with Gasteiger partial charge in [0.15, 0.2) is 0 Å². The van der Waals surface area contributed by atoms with Crippen molar-refractivity contribution in [3.63, 3.8) is 0 Å². The number of likely N-dealkylation sites (tertiary alicyclic amines) is 1. The fourth-order valence-electron chi connectivity index (χ4n) is 4.05. The Morgan fingerprint density at radius 1 is 1.31 bits per heavy atom. The van der Waals surface area contributed by atoms with Crippen molar-refractivity contribution in [1.82, 2.24) is 14.9 Å². The van der Waals surface area contributed by atoms with Crippen LogP contribution in [0.2, 0.25) is 0 Å². The van der Waals surface area contributed by atoms with Gasteiger partial charge < -0.3 is 14.6 Å². The SMILES string of the molecule is COC1CCN(C(=O)CCc2nc3sc4c(c3c(=O)[nH]2)CCCC4)CC1. The Kier molecular flexibility index (Phi) is 5.09. The minimum Gasteiger partial charge on any atom is -0.381 e. The summed E-state index contributed by atoms with van der Waals surface area (Å²) >= 11 is 1.65. The van der Waals surface area contributed by atoms with Gasteiger partial charge in [-0.2, -0.15) is 0 Å². The molecule has 1 amide bonds. The molecule has 0 saturated carbocycles. The summed E-state index contributed by atoms with van der Waals surface area (Å²) in [4.78, 5) is 36.6. The number of aromatic amines is 1. The first-order valence-corrected chi connectivity index (χ1v) is 10.3. The topological polar surface area (TPSA) is 75.3 Å². The van der Waals surface area contributed by atoms with Crippen LogP contribution in [0.25, 0.3) is 10.2 Å². The van der Waals surface area contributed by atoms with Gasteiger partial charge in [0.2, 0.25) is 5.91 Å². The van der Waals surface area contributed by atoms with Crippen LogP contribution in [0.1, 0.15) is 48.4 Å². The largest absolute Gasteiger partial charge is 0.381 e. The molecule has 3 heterocycles. The molecule has 2 aromatic heterocycles. The second kappa shape index (κ2) is 7.48. The smallest absolute Gasteiger partial charge is 0.259 e. The van der Waals surface area contributed by atoms with Gasteiger partial charge in [-0.3, -0.25) is 9.59 Å². The highest BCUT2D eigenvalue weighted by Crippen LogP contribution is 2.33. The van der Waals surface area contributed by atoms with Crippen molar-refractivity contribution >= 4 is 27.5 Å². The Labute approximate surface area is 156 Å². The zero-order chi connectivity index (χ0) is 18.1. The number of piperidine rings is 1. The third-order valence-corrected chi connectivity index (χ3v) is 6.76. The Bertz CT molecular complexity index is 865. The van der Waals surface area contributed by atoms with Crippen molar-refractivity contribution in [2.24, 2.45) is 0 Å². The number of methoxy groups -OCH3 is 1. The summed E-state index contributed by atoms with van der Waals surface area (Å²) in [6, 6.07) is 0. The number of fused-ring (bicyclic) bond motifs is 3. The molecule has 0 radical (unpaired) electrons. The Hall–Kier alpha value is -1.73. The zero-order valence-electron chi connectivity index (χ0n) is 15.2. The summed E-state index contributed by atoms with van der Waals surface area (Å²) in [5.41, 5.74) is 1.16. The molecular formula is C19H25N3O3S. The maximum absolute atomic E-state index is 12.5. The van der Waals surface area contributed by atoms with Crippen molar-refractivity contribution in [3.05, 3.63) is 26.6 Å². The van der Waals surface area contributed by atoms with Gasteiger partial charge in [0.1, 0.15) is 10.7 Å². The van der Waals surface area contributed by atoms with Crippen LogP contribution in [0.3, 0.4) is 0 Å². The highest BCUT2D eigenvalue weighted by molar-refractivity contribution is 7.18. The van der Waals surface area contributed by atoms with Crippen LogP contribution >= 0.6 is 11.3 Å². The molecular weight excluding hydrogens is 350 g/mol. The minimum atomic E-state index is -0.0437. The number of ether oxygens (including phenoxy) is 1. The average molecular weight is 375 g/mol. The Morgan fingerprint density at radius 3 is 2.85 bits per heavy atom. The number of carbonyl (C=O) groups excluding carboxylic acids is 1. The van der Waals surface area contributed by atoms with Crippen molar-refractivity contribution in [2.75, 3.05) is 20.2 Å². The van der Waals surface area contributed by atoms with Crippen molar-refractivity contribution in [2.45, 2.75) is 57.5 Å². The fourth-order valence-corrected chi connectivity index (χ4v) is 5.33. The lowest BCUT2D eigenvalue weighted by molar-refractivity contribution is -0.133. The normalized spacial score (nSPS) is 18.3. The van der Waals surface area contributed by atoms with Gasteiger partial charge >= 0.3 is 0 Å². The van der Waals surface area contributed by atoms with E-state index in [-0.39, 0.29) is 17.6 Å². The number of H-pyrrole nitrogens is 1. The second-order valence-electron chi connectivity index (χ2n) is 7.22. The predicted octanol–water partition coefficient (Wildman–Crippen LogP) is 2.43. The molecule has 1 aliphatic heterocycles. The third kappa shape index (κ3) is 3.42. The third-order valence-electron chi connectivity index (χ3n) is 5.58. The summed E-state index contributed by atoms with van der Waals surface area (Å²) in [5, 5.41) is 0.779. The fraction of sp³-hybridized carbons (Fsp3) is 0.632. The molecule has 4 rings (SSSR count). The molecule has 2 aliphatic rings. The first-order valence-electron chi connectivity index (χ1n) is 9.49. The standard InChI is InChI=1S/C19H25N3O3S/c1-25-12-8-10-22(11-9-12)16(23)7-6-15-20-18(24)17-13-4-2-3-5-14(13)26-19(17)21-15/h12H,2-11H2,1H3,(H,20,21,24). The highest BCUT2D eigenvalue weighted by Gasteiger charge is 2.23. The summed E-state index contributed by atoms with van der Waals surface area (Å²) in [6.45, 7) is 1.50. The predicted molar refractivity (Wildman–Crippen MR) is 102 cm³/mol. The molecule has 1 fully saturated rings. The maximum atomic E-state index is 12.5. The lowest BCUT2D eigenvalue weighted by Gasteiger charge is -2.31. The monoisotopic (exact) mass is 375 g/mol. The number of aryl methyl sites for hydroxylation is 3. The second-order valence-corrected chi connectivity index (χ2v) is 8.30. The molecule has 0 aromatic carbocycles. The van der Waals surface area contributed by atoms with Crippen molar-refractivity contribution < 1.29 is 9.53 Å². The van der Waals surface area contributed by atoms with Crippen LogP contribution in [-0.2, 0) is 28.8 Å². The number of hydrogen-bond acceptors (Lipinski definition) is 5. The first-order chi connectivity index (χ1) is 12.7. The zero-order valence-corrected chi connectivity index (χ0v) is 16.0. The van der Waals surface area contributed by atoms with E-state index >= 15 is 0 Å². The van der Waals surface area contributed by atoms with Crippen LogP contribution in [-0.4, -0.2) is 47.1 Å². The Balaban J connectivity index is 1.44. The van der Waals surface area contributed by atoms with E-state index in [9.17, 15) is 9.59 Å². The minimum absolute atomic E-state index is 0.0437. The van der Waals surface area contributed by atoms with Crippen LogP contribution < -0.4 is 5.56 Å². The van der Waals surface area contributed by atoms with E-state index in [4.69, 9.17) is 4.74 Å². The number of amides is 1. The van der Waals surface area contributed by atoms with Crippen LogP contribution in [0, 0.1) is 0 Å². The summed E-state index contributed by atoms with van der Waals surface area (Å²) in [6.07, 6.45) is 7.30. The summed E-state index contributed by atoms with van der Waals surface area (Å²) < 4.78 is 5.35. The van der Waals surface area contributed by atoms with E-state index in [1.807, 2.05) is 4.90 Å². The molecule has 6 nitrogen and oxygen atoms in total. The number of hydrogen-bond donors (Lipinski definition) is 1. The van der Waals surface area contributed by atoms with Crippen LogP contribution in [0.4, 0.5) is 0 Å². The van der Waals surface area contributed by atoms with Gasteiger partial charge in [-0.1, -0.05) is 0 Å². The van der Waals surface area contributed by atoms with E-state index in [1.165, 1.54) is 16.9 Å². The molecule has 1 saturated heterocycles. The lowest BCUT2D eigenvalue weighted by atomic mass is 9.97. The quantitative estimate of drug-likeness (QED) is 0.891. The maximum Gasteiger partial charge on any atom is 0.259 e. The number of rotatable bonds is 4. The van der Waals surface area contributed by atoms with Gasteiger partial charge in [-0.25, -0.2) is 4.98 Å². The number of carbonyl (C=O) groups is 1. The number of thiophene rings is 1. The van der Waals surface area contributed by atoms with Gasteiger partial charge in [-0.15, -0.1) is 11.3 Å². The molecule has 26 heavy (non-hydrogen) atoms. The summed E-state index contributed by atoms with van der Waals surface area (Å²) in [7, 11) is 1.72. The molecule has 0 unspecified atom stereocenters. The molecule has 2 aromatic rings. The van der Waals surface area contributed by atoms with Crippen LogP contribution in [0.15, 0.2) is 4.79 Å². The van der Waals surface area contributed by atoms with E-state index in [0.29, 0.717) is 18.7 Å². The summed E-state index contributed by atoms with van der Waals surface area (Å²) in [5.74, 6) is 0.758. The van der Waals surface area contributed by atoms with Gasteiger partial charge in [0, 0.05) is 37.9 Å². The number of nitrogens with one attached hydrogen (secondary N) is 1.